The second-order valence-corrected chi connectivity index (χ2v) is 5.43. The quantitative estimate of drug-likeness (QED) is 0.906. The van der Waals surface area contributed by atoms with E-state index in [2.05, 4.69) is 5.32 Å². The first-order chi connectivity index (χ1) is 9.25. The molecular formula is C14H18Cl2N2O2. The average Bonchev–Trinajstić information content (AvgIpc) is 2.37. The van der Waals surface area contributed by atoms with E-state index in [4.69, 9.17) is 16.3 Å². The molecule has 2 saturated heterocycles. The molecule has 1 N–H and O–H groups in total. The van der Waals surface area contributed by atoms with Crippen LogP contribution in [-0.2, 0) is 9.53 Å². The number of halogens is 2. The van der Waals surface area contributed by atoms with Gasteiger partial charge >= 0.3 is 0 Å². The van der Waals surface area contributed by atoms with Crippen molar-refractivity contribution in [3.63, 3.8) is 0 Å². The van der Waals surface area contributed by atoms with Gasteiger partial charge in [-0.25, -0.2) is 0 Å². The molecule has 2 heterocycles. The topological polar surface area (TPSA) is 41.6 Å². The number of benzene rings is 1. The highest BCUT2D eigenvalue weighted by Crippen LogP contribution is 2.28. The summed E-state index contributed by atoms with van der Waals surface area (Å²) in [7, 11) is 0. The normalized spacial score (nSPS) is 22.9. The lowest BCUT2D eigenvalue weighted by Gasteiger charge is -2.37. The predicted molar refractivity (Wildman–Crippen MR) is 80.3 cm³/mol. The largest absolute Gasteiger partial charge is 0.370 e. The molecule has 1 aromatic rings. The Hall–Kier alpha value is -0.810. The fourth-order valence-corrected chi connectivity index (χ4v) is 2.75. The zero-order valence-electron chi connectivity index (χ0n) is 11.0. The molecule has 0 aliphatic carbocycles. The molecule has 1 aromatic carbocycles. The highest BCUT2D eigenvalue weighted by Gasteiger charge is 2.33. The van der Waals surface area contributed by atoms with Crippen LogP contribution in [-0.4, -0.2) is 43.6 Å². The fraction of sp³-hybridized carbons (Fsp3) is 0.500. The molecule has 2 aliphatic heterocycles. The second-order valence-electron chi connectivity index (χ2n) is 5.02. The van der Waals surface area contributed by atoms with Crippen LogP contribution >= 0.6 is 24.0 Å². The minimum atomic E-state index is -0.112. The molecule has 110 valence electrons. The molecule has 3 rings (SSSR count). The van der Waals surface area contributed by atoms with Crippen LogP contribution in [0.5, 0.6) is 0 Å². The zero-order valence-corrected chi connectivity index (χ0v) is 12.6. The first kappa shape index (κ1) is 15.6. The molecule has 0 bridgehead atoms. The third kappa shape index (κ3) is 3.09. The molecular weight excluding hydrogens is 299 g/mol. The summed E-state index contributed by atoms with van der Waals surface area (Å²) in [5.74, 6) is 0.379. The number of carbonyl (C=O) groups is 1. The highest BCUT2D eigenvalue weighted by atomic mass is 35.5. The van der Waals surface area contributed by atoms with Crippen molar-refractivity contribution in [2.24, 2.45) is 5.92 Å². The van der Waals surface area contributed by atoms with Crippen LogP contribution in [0.3, 0.4) is 0 Å². The van der Waals surface area contributed by atoms with Crippen molar-refractivity contribution in [2.75, 3.05) is 32.8 Å². The number of carbonyl (C=O) groups excluding carboxylic acids is 1. The molecule has 0 spiro atoms. The van der Waals surface area contributed by atoms with Crippen molar-refractivity contribution in [1.82, 2.24) is 10.2 Å². The van der Waals surface area contributed by atoms with Crippen LogP contribution in [0.2, 0.25) is 5.02 Å². The van der Waals surface area contributed by atoms with Crippen LogP contribution in [0.1, 0.15) is 11.7 Å². The van der Waals surface area contributed by atoms with Crippen molar-refractivity contribution in [2.45, 2.75) is 6.10 Å². The van der Waals surface area contributed by atoms with Gasteiger partial charge in [-0.1, -0.05) is 29.8 Å². The Morgan fingerprint density at radius 2 is 2.10 bits per heavy atom. The lowest BCUT2D eigenvalue weighted by Crippen LogP contribution is -2.54. The number of amides is 1. The van der Waals surface area contributed by atoms with Gasteiger partial charge in [-0.2, -0.15) is 0 Å². The SMILES string of the molecule is Cl.O=C(C1CNC1)N1CCOC(c2ccccc2Cl)C1. The molecule has 4 nitrogen and oxygen atoms in total. The molecule has 2 aliphatic rings. The summed E-state index contributed by atoms with van der Waals surface area (Å²) in [6.45, 7) is 3.44. The van der Waals surface area contributed by atoms with Crippen molar-refractivity contribution in [3.05, 3.63) is 34.9 Å². The van der Waals surface area contributed by atoms with Crippen molar-refractivity contribution in [3.8, 4) is 0 Å². The number of rotatable bonds is 2. The van der Waals surface area contributed by atoms with Crippen LogP contribution < -0.4 is 5.32 Å². The highest BCUT2D eigenvalue weighted by molar-refractivity contribution is 6.31. The van der Waals surface area contributed by atoms with E-state index in [0.29, 0.717) is 24.7 Å². The predicted octanol–water partition coefficient (Wildman–Crippen LogP) is 1.88. The van der Waals surface area contributed by atoms with Gasteiger partial charge < -0.3 is 15.0 Å². The van der Waals surface area contributed by atoms with Gasteiger partial charge in [0, 0.05) is 30.2 Å². The van der Waals surface area contributed by atoms with E-state index < -0.39 is 0 Å². The van der Waals surface area contributed by atoms with E-state index in [-0.39, 0.29) is 30.3 Å². The van der Waals surface area contributed by atoms with E-state index >= 15 is 0 Å². The number of morpholine rings is 1. The van der Waals surface area contributed by atoms with Gasteiger partial charge in [0.1, 0.15) is 6.10 Å². The Bertz CT molecular complexity index is 480. The third-order valence-corrected chi connectivity index (χ3v) is 4.11. The average molecular weight is 317 g/mol. The van der Waals surface area contributed by atoms with Gasteiger partial charge in [0.05, 0.1) is 19.1 Å². The summed E-state index contributed by atoms with van der Waals surface area (Å²) in [6.07, 6.45) is -0.112. The summed E-state index contributed by atoms with van der Waals surface area (Å²) in [6, 6.07) is 7.67. The first-order valence-corrected chi connectivity index (χ1v) is 6.99. The monoisotopic (exact) mass is 316 g/mol. The van der Waals surface area contributed by atoms with Gasteiger partial charge in [0.2, 0.25) is 5.91 Å². The summed E-state index contributed by atoms with van der Waals surface area (Å²) in [5.41, 5.74) is 0.966. The molecule has 1 atom stereocenters. The third-order valence-electron chi connectivity index (χ3n) is 3.76. The molecule has 2 fully saturated rings. The van der Waals surface area contributed by atoms with Gasteiger partial charge in [0.25, 0.3) is 0 Å². The van der Waals surface area contributed by atoms with Gasteiger partial charge in [-0.05, 0) is 6.07 Å². The van der Waals surface area contributed by atoms with Crippen LogP contribution in [0, 0.1) is 5.92 Å². The van der Waals surface area contributed by atoms with E-state index in [1.807, 2.05) is 29.2 Å². The minimum absolute atomic E-state index is 0. The van der Waals surface area contributed by atoms with E-state index in [1.54, 1.807) is 0 Å². The smallest absolute Gasteiger partial charge is 0.228 e. The van der Waals surface area contributed by atoms with E-state index in [0.717, 1.165) is 18.7 Å². The number of ether oxygens (including phenoxy) is 1. The Kier molecular flexibility index (Phi) is 5.27. The Morgan fingerprint density at radius 3 is 2.75 bits per heavy atom. The van der Waals surface area contributed by atoms with Crippen molar-refractivity contribution >= 4 is 29.9 Å². The molecule has 0 aromatic heterocycles. The fourth-order valence-electron chi connectivity index (χ4n) is 2.50. The maximum Gasteiger partial charge on any atom is 0.228 e. The Labute approximate surface area is 129 Å². The molecule has 0 saturated carbocycles. The van der Waals surface area contributed by atoms with Gasteiger partial charge in [-0.3, -0.25) is 4.79 Å². The van der Waals surface area contributed by atoms with Crippen LogP contribution in [0.25, 0.3) is 0 Å². The van der Waals surface area contributed by atoms with Gasteiger partial charge in [0.15, 0.2) is 0 Å². The van der Waals surface area contributed by atoms with Gasteiger partial charge in [-0.15, -0.1) is 12.4 Å². The summed E-state index contributed by atoms with van der Waals surface area (Å²) >= 11 is 6.19. The summed E-state index contributed by atoms with van der Waals surface area (Å²) in [4.78, 5) is 14.1. The first-order valence-electron chi connectivity index (χ1n) is 6.61. The van der Waals surface area contributed by atoms with Crippen LogP contribution in [0.4, 0.5) is 0 Å². The lowest BCUT2D eigenvalue weighted by atomic mass is 10.0. The maximum absolute atomic E-state index is 12.2. The molecule has 6 heteroatoms. The maximum atomic E-state index is 12.2. The summed E-state index contributed by atoms with van der Waals surface area (Å²) in [5, 5.41) is 3.83. The number of nitrogens with zero attached hydrogens (tertiary/aromatic N) is 1. The second kappa shape index (κ2) is 6.76. The molecule has 20 heavy (non-hydrogen) atoms. The van der Waals surface area contributed by atoms with Crippen LogP contribution in [0.15, 0.2) is 24.3 Å². The van der Waals surface area contributed by atoms with Crippen molar-refractivity contribution < 1.29 is 9.53 Å². The molecule has 0 radical (unpaired) electrons. The van der Waals surface area contributed by atoms with Crippen molar-refractivity contribution in [1.29, 1.82) is 0 Å². The Morgan fingerprint density at radius 1 is 1.35 bits per heavy atom. The number of hydrogen-bond donors (Lipinski definition) is 1. The molecule has 1 unspecified atom stereocenters. The van der Waals surface area contributed by atoms with E-state index in [1.165, 1.54) is 0 Å². The Balaban J connectivity index is 0.00000147. The molecule has 1 amide bonds. The summed E-state index contributed by atoms with van der Waals surface area (Å²) < 4.78 is 5.76. The number of hydrogen-bond acceptors (Lipinski definition) is 3. The zero-order chi connectivity index (χ0) is 13.2. The minimum Gasteiger partial charge on any atom is -0.370 e. The lowest BCUT2D eigenvalue weighted by molar-refractivity contribution is -0.144. The number of nitrogens with one attached hydrogen (secondary N) is 1. The standard InChI is InChI=1S/C14H17ClN2O2.ClH/c15-12-4-2-1-3-11(12)13-9-17(5-6-19-13)14(18)10-7-16-8-10;/h1-4,10,13,16H,5-9H2;1H. The van der Waals surface area contributed by atoms with E-state index in [9.17, 15) is 4.79 Å².